The summed E-state index contributed by atoms with van der Waals surface area (Å²) < 4.78 is 0. The highest BCUT2D eigenvalue weighted by Crippen LogP contribution is 2.09. The quantitative estimate of drug-likeness (QED) is 0.629. The van der Waals surface area contributed by atoms with Crippen LogP contribution in [-0.2, 0) is 0 Å². The van der Waals surface area contributed by atoms with Crippen LogP contribution >= 0.6 is 0 Å². The molecule has 2 nitrogen and oxygen atoms in total. The van der Waals surface area contributed by atoms with E-state index in [2.05, 4.69) is 11.8 Å². The van der Waals surface area contributed by atoms with Gasteiger partial charge in [0, 0.05) is 6.04 Å². The molecule has 0 spiro atoms. The summed E-state index contributed by atoms with van der Waals surface area (Å²) in [5, 5.41) is 8.63. The molecule has 1 atom stereocenters. The minimum Gasteiger partial charge on any atom is -0.395 e. The van der Waals surface area contributed by atoms with Crippen LogP contribution in [0.25, 0.3) is 0 Å². The molecule has 1 saturated heterocycles. The van der Waals surface area contributed by atoms with Gasteiger partial charge in [0.05, 0.1) is 6.61 Å². The molecule has 1 heterocycles. The van der Waals surface area contributed by atoms with Gasteiger partial charge < -0.3 is 5.11 Å². The first-order valence-electron chi connectivity index (χ1n) is 4.19. The van der Waals surface area contributed by atoms with Gasteiger partial charge in [0.25, 0.3) is 0 Å². The first-order valence-corrected chi connectivity index (χ1v) is 4.19. The van der Waals surface area contributed by atoms with Crippen molar-refractivity contribution in [1.82, 2.24) is 4.90 Å². The number of likely N-dealkylation sites (tertiary alicyclic amines) is 1. The van der Waals surface area contributed by atoms with E-state index < -0.39 is 0 Å². The van der Waals surface area contributed by atoms with E-state index >= 15 is 0 Å². The molecule has 1 aliphatic rings. The van der Waals surface area contributed by atoms with Crippen LogP contribution in [0.2, 0.25) is 0 Å². The van der Waals surface area contributed by atoms with Gasteiger partial charge in [-0.3, -0.25) is 4.90 Å². The Morgan fingerprint density at radius 1 is 1.40 bits per heavy atom. The SMILES string of the molecule is CC.CC(CO)N1CCC1. The van der Waals surface area contributed by atoms with Gasteiger partial charge in [-0.1, -0.05) is 13.8 Å². The Morgan fingerprint density at radius 3 is 2.00 bits per heavy atom. The van der Waals surface area contributed by atoms with E-state index in [1.54, 1.807) is 0 Å². The highest BCUT2D eigenvalue weighted by Gasteiger charge is 2.18. The lowest BCUT2D eigenvalue weighted by atomic mass is 10.1. The van der Waals surface area contributed by atoms with E-state index in [4.69, 9.17) is 5.11 Å². The van der Waals surface area contributed by atoms with Gasteiger partial charge in [0.15, 0.2) is 0 Å². The molecular weight excluding hydrogens is 126 g/mol. The summed E-state index contributed by atoms with van der Waals surface area (Å²) in [6.07, 6.45) is 1.31. The smallest absolute Gasteiger partial charge is 0.0584 e. The van der Waals surface area contributed by atoms with Crippen LogP contribution in [0, 0.1) is 0 Å². The summed E-state index contributed by atoms with van der Waals surface area (Å²) in [6, 6.07) is 0.392. The zero-order valence-electron chi connectivity index (χ0n) is 7.30. The number of hydrogen-bond acceptors (Lipinski definition) is 2. The van der Waals surface area contributed by atoms with Gasteiger partial charge in [0.1, 0.15) is 0 Å². The summed E-state index contributed by atoms with van der Waals surface area (Å²) in [6.45, 7) is 8.72. The molecule has 1 fully saturated rings. The Hall–Kier alpha value is -0.0800. The van der Waals surface area contributed by atoms with Gasteiger partial charge in [-0.2, -0.15) is 0 Å². The van der Waals surface area contributed by atoms with Crippen molar-refractivity contribution in [2.45, 2.75) is 33.2 Å². The fourth-order valence-electron chi connectivity index (χ4n) is 0.897. The average molecular weight is 145 g/mol. The molecule has 0 radical (unpaired) electrons. The van der Waals surface area contributed by atoms with E-state index in [0.717, 1.165) is 0 Å². The third-order valence-electron chi connectivity index (χ3n) is 1.78. The Kier molecular flexibility index (Phi) is 5.64. The third-order valence-corrected chi connectivity index (χ3v) is 1.78. The fourth-order valence-corrected chi connectivity index (χ4v) is 0.897. The monoisotopic (exact) mass is 145 g/mol. The van der Waals surface area contributed by atoms with Gasteiger partial charge in [-0.25, -0.2) is 0 Å². The minimum absolute atomic E-state index is 0.306. The number of aliphatic hydroxyl groups is 1. The van der Waals surface area contributed by atoms with Crippen molar-refractivity contribution in [3.63, 3.8) is 0 Å². The third kappa shape index (κ3) is 2.67. The lowest BCUT2D eigenvalue weighted by molar-refractivity contribution is 0.0822. The summed E-state index contributed by atoms with van der Waals surface area (Å²) in [4.78, 5) is 2.28. The number of rotatable bonds is 2. The molecule has 62 valence electrons. The van der Waals surface area contributed by atoms with E-state index in [-0.39, 0.29) is 0 Å². The van der Waals surface area contributed by atoms with E-state index in [1.807, 2.05) is 13.8 Å². The topological polar surface area (TPSA) is 23.5 Å². The predicted molar refractivity (Wildman–Crippen MR) is 44.1 cm³/mol. The van der Waals surface area contributed by atoms with Crippen molar-refractivity contribution in [1.29, 1.82) is 0 Å². The van der Waals surface area contributed by atoms with Gasteiger partial charge in [-0.15, -0.1) is 0 Å². The Morgan fingerprint density at radius 2 is 1.90 bits per heavy atom. The minimum atomic E-state index is 0.306. The second kappa shape index (κ2) is 5.69. The molecule has 2 heteroatoms. The number of hydrogen-bond donors (Lipinski definition) is 1. The molecule has 0 aliphatic carbocycles. The molecular formula is C8H19NO. The van der Waals surface area contributed by atoms with E-state index in [0.29, 0.717) is 12.6 Å². The van der Waals surface area contributed by atoms with E-state index in [1.165, 1.54) is 19.5 Å². The highest BCUT2D eigenvalue weighted by molar-refractivity contribution is 4.73. The lowest BCUT2D eigenvalue weighted by Gasteiger charge is -2.35. The highest BCUT2D eigenvalue weighted by atomic mass is 16.3. The van der Waals surface area contributed by atoms with Crippen LogP contribution in [-0.4, -0.2) is 35.7 Å². The van der Waals surface area contributed by atoms with Crippen molar-refractivity contribution >= 4 is 0 Å². The molecule has 0 aromatic rings. The first-order chi connectivity index (χ1) is 4.84. The Labute approximate surface area is 63.8 Å². The maximum atomic E-state index is 8.63. The van der Waals surface area contributed by atoms with Gasteiger partial charge >= 0.3 is 0 Å². The summed E-state index contributed by atoms with van der Waals surface area (Å²) in [5.74, 6) is 0. The maximum Gasteiger partial charge on any atom is 0.0584 e. The molecule has 0 saturated carbocycles. The fraction of sp³-hybridized carbons (Fsp3) is 1.00. The predicted octanol–water partition coefficient (Wildman–Crippen LogP) is 1.10. The molecule has 0 bridgehead atoms. The molecule has 0 aromatic carbocycles. The number of nitrogens with zero attached hydrogens (tertiary/aromatic N) is 1. The van der Waals surface area contributed by atoms with Crippen molar-refractivity contribution in [2.24, 2.45) is 0 Å². The van der Waals surface area contributed by atoms with Crippen LogP contribution in [0.1, 0.15) is 27.2 Å². The van der Waals surface area contributed by atoms with Crippen molar-refractivity contribution in [3.8, 4) is 0 Å². The molecule has 1 aliphatic heterocycles. The summed E-state index contributed by atoms with van der Waals surface area (Å²) in [7, 11) is 0. The Bertz CT molecular complexity index is 68.9. The normalized spacial score (nSPS) is 20.4. The zero-order valence-corrected chi connectivity index (χ0v) is 7.30. The zero-order chi connectivity index (χ0) is 7.98. The van der Waals surface area contributed by atoms with Crippen LogP contribution in [0.4, 0.5) is 0 Å². The summed E-state index contributed by atoms with van der Waals surface area (Å²) >= 11 is 0. The second-order valence-corrected chi connectivity index (χ2v) is 2.42. The van der Waals surface area contributed by atoms with Crippen molar-refractivity contribution in [2.75, 3.05) is 19.7 Å². The second-order valence-electron chi connectivity index (χ2n) is 2.42. The molecule has 1 rings (SSSR count). The standard InChI is InChI=1S/C6H13NO.C2H6/c1-6(5-8)7-3-2-4-7;1-2/h6,8H,2-5H2,1H3;1-2H3. The first kappa shape index (κ1) is 9.92. The van der Waals surface area contributed by atoms with Crippen LogP contribution in [0.5, 0.6) is 0 Å². The molecule has 0 amide bonds. The van der Waals surface area contributed by atoms with E-state index in [9.17, 15) is 0 Å². The van der Waals surface area contributed by atoms with Crippen LogP contribution < -0.4 is 0 Å². The average Bonchev–Trinajstić information content (AvgIpc) is 1.89. The van der Waals surface area contributed by atoms with Crippen LogP contribution in [0.3, 0.4) is 0 Å². The lowest BCUT2D eigenvalue weighted by Crippen LogP contribution is -2.45. The van der Waals surface area contributed by atoms with Crippen molar-refractivity contribution < 1.29 is 5.11 Å². The van der Waals surface area contributed by atoms with Gasteiger partial charge in [0.2, 0.25) is 0 Å². The summed E-state index contributed by atoms with van der Waals surface area (Å²) in [5.41, 5.74) is 0. The van der Waals surface area contributed by atoms with Gasteiger partial charge in [-0.05, 0) is 26.4 Å². The molecule has 10 heavy (non-hydrogen) atoms. The van der Waals surface area contributed by atoms with Crippen molar-refractivity contribution in [3.05, 3.63) is 0 Å². The van der Waals surface area contributed by atoms with Crippen LogP contribution in [0.15, 0.2) is 0 Å². The molecule has 1 N–H and O–H groups in total. The maximum absolute atomic E-state index is 8.63. The largest absolute Gasteiger partial charge is 0.395 e. The molecule has 0 aromatic heterocycles. The number of aliphatic hydroxyl groups excluding tert-OH is 1. The molecule has 1 unspecified atom stereocenters. The Balaban J connectivity index is 0.000000371.